The average molecular weight is 285 g/mol. The lowest BCUT2D eigenvalue weighted by molar-refractivity contribution is 0.548. The van der Waals surface area contributed by atoms with Crippen molar-refractivity contribution < 1.29 is 0 Å². The minimum Gasteiger partial charge on any atom is -0.311 e. The van der Waals surface area contributed by atoms with E-state index in [1.165, 1.54) is 35.9 Å². The Kier molecular flexibility index (Phi) is 6.48. The first kappa shape index (κ1) is 15.8. The fourth-order valence-electron chi connectivity index (χ4n) is 2.61. The van der Waals surface area contributed by atoms with Crippen molar-refractivity contribution >= 4 is 10.9 Å². The third kappa shape index (κ3) is 4.43. The number of para-hydroxylation sites is 1. The number of fused-ring (bicyclic) bond motifs is 1. The summed E-state index contributed by atoms with van der Waals surface area (Å²) < 4.78 is 2.17. The Labute approximate surface area is 128 Å². The van der Waals surface area contributed by atoms with Crippen LogP contribution in [0.5, 0.6) is 0 Å². The minimum atomic E-state index is 0.859. The van der Waals surface area contributed by atoms with E-state index < -0.39 is 0 Å². The van der Waals surface area contributed by atoms with Crippen LogP contribution in [0.3, 0.4) is 0 Å². The second-order valence-corrected chi connectivity index (χ2v) is 5.50. The smallest absolute Gasteiger partial charge is 0.0841 e. The van der Waals surface area contributed by atoms with Crippen LogP contribution in [0.1, 0.15) is 44.7 Å². The van der Waals surface area contributed by atoms with Crippen LogP contribution in [0.15, 0.2) is 36.9 Å². The van der Waals surface area contributed by atoms with E-state index in [4.69, 9.17) is 5.10 Å². The van der Waals surface area contributed by atoms with Crippen LogP contribution < -0.4 is 5.32 Å². The standard InChI is InChI=1S/C18H27N3/c1-3-5-6-7-10-14-21-18-12-9-8-11-16(18)17(20-21)15-19-13-4-2/h3,8-9,11-12,19H,1,4-7,10,13-15H2,2H3. The Morgan fingerprint density at radius 1 is 1.24 bits per heavy atom. The van der Waals surface area contributed by atoms with E-state index in [9.17, 15) is 0 Å². The highest BCUT2D eigenvalue weighted by molar-refractivity contribution is 5.81. The predicted octanol–water partition coefficient (Wildman–Crippen LogP) is 4.28. The molecule has 1 N–H and O–H groups in total. The Balaban J connectivity index is 2.02. The number of nitrogens with zero attached hydrogens (tertiary/aromatic N) is 2. The normalized spacial score (nSPS) is 11.1. The molecule has 3 heteroatoms. The van der Waals surface area contributed by atoms with E-state index in [2.05, 4.69) is 47.8 Å². The van der Waals surface area contributed by atoms with Gasteiger partial charge in [-0.1, -0.05) is 37.6 Å². The Bertz CT molecular complexity index is 557. The lowest BCUT2D eigenvalue weighted by Gasteiger charge is -2.03. The molecule has 114 valence electrons. The molecule has 0 radical (unpaired) electrons. The maximum atomic E-state index is 4.81. The van der Waals surface area contributed by atoms with Crippen LogP contribution >= 0.6 is 0 Å². The minimum absolute atomic E-state index is 0.859. The van der Waals surface area contributed by atoms with Gasteiger partial charge < -0.3 is 5.32 Å². The van der Waals surface area contributed by atoms with Gasteiger partial charge in [-0.2, -0.15) is 5.10 Å². The van der Waals surface area contributed by atoms with Crippen molar-refractivity contribution in [2.75, 3.05) is 6.54 Å². The third-order valence-corrected chi connectivity index (χ3v) is 3.73. The summed E-state index contributed by atoms with van der Waals surface area (Å²) in [7, 11) is 0. The summed E-state index contributed by atoms with van der Waals surface area (Å²) in [6.07, 6.45) is 7.92. The number of aryl methyl sites for hydroxylation is 1. The van der Waals surface area contributed by atoms with Crippen LogP contribution in [-0.2, 0) is 13.1 Å². The first-order valence-corrected chi connectivity index (χ1v) is 8.13. The van der Waals surface area contributed by atoms with Crippen molar-refractivity contribution in [3.8, 4) is 0 Å². The number of nitrogens with one attached hydrogen (secondary N) is 1. The third-order valence-electron chi connectivity index (χ3n) is 3.73. The zero-order valence-electron chi connectivity index (χ0n) is 13.1. The van der Waals surface area contributed by atoms with Gasteiger partial charge in [-0.3, -0.25) is 4.68 Å². The van der Waals surface area contributed by atoms with E-state index >= 15 is 0 Å². The predicted molar refractivity (Wildman–Crippen MR) is 90.4 cm³/mol. The number of unbranched alkanes of at least 4 members (excludes halogenated alkanes) is 3. The molecule has 3 nitrogen and oxygen atoms in total. The van der Waals surface area contributed by atoms with Gasteiger partial charge in [0.15, 0.2) is 0 Å². The Morgan fingerprint density at radius 2 is 2.10 bits per heavy atom. The van der Waals surface area contributed by atoms with Crippen molar-refractivity contribution in [1.29, 1.82) is 0 Å². The van der Waals surface area contributed by atoms with Crippen molar-refractivity contribution in [3.05, 3.63) is 42.6 Å². The molecule has 0 fully saturated rings. The summed E-state index contributed by atoms with van der Waals surface area (Å²) >= 11 is 0. The number of aromatic nitrogens is 2. The summed E-state index contributed by atoms with van der Waals surface area (Å²) in [5, 5.41) is 9.55. The summed E-state index contributed by atoms with van der Waals surface area (Å²) in [5.74, 6) is 0. The van der Waals surface area contributed by atoms with Gasteiger partial charge in [0.05, 0.1) is 11.2 Å². The molecule has 2 aromatic rings. The molecule has 0 bridgehead atoms. The summed E-state index contributed by atoms with van der Waals surface area (Å²) in [6.45, 7) is 8.87. The zero-order valence-corrected chi connectivity index (χ0v) is 13.1. The van der Waals surface area contributed by atoms with E-state index in [1.807, 2.05) is 6.08 Å². The summed E-state index contributed by atoms with van der Waals surface area (Å²) in [4.78, 5) is 0. The van der Waals surface area contributed by atoms with Gasteiger partial charge in [-0.15, -0.1) is 6.58 Å². The molecule has 2 rings (SSSR count). The van der Waals surface area contributed by atoms with Crippen molar-refractivity contribution in [2.24, 2.45) is 0 Å². The highest BCUT2D eigenvalue weighted by Gasteiger charge is 2.09. The van der Waals surface area contributed by atoms with E-state index in [0.29, 0.717) is 0 Å². The van der Waals surface area contributed by atoms with Gasteiger partial charge in [-0.25, -0.2) is 0 Å². The summed E-state index contributed by atoms with van der Waals surface area (Å²) in [5.41, 5.74) is 2.43. The lowest BCUT2D eigenvalue weighted by Crippen LogP contribution is -2.14. The fraction of sp³-hybridized carbons (Fsp3) is 0.500. The molecule has 0 saturated carbocycles. The van der Waals surface area contributed by atoms with Gasteiger partial charge in [-0.05, 0) is 38.3 Å². The maximum absolute atomic E-state index is 4.81. The van der Waals surface area contributed by atoms with E-state index in [0.717, 1.165) is 32.5 Å². The first-order chi connectivity index (χ1) is 10.4. The monoisotopic (exact) mass is 285 g/mol. The quantitative estimate of drug-likeness (QED) is 0.521. The van der Waals surface area contributed by atoms with Crippen LogP contribution in [0.2, 0.25) is 0 Å². The molecular weight excluding hydrogens is 258 g/mol. The second kappa shape index (κ2) is 8.63. The highest BCUT2D eigenvalue weighted by Crippen LogP contribution is 2.19. The molecule has 0 atom stereocenters. The lowest BCUT2D eigenvalue weighted by atomic mass is 10.2. The largest absolute Gasteiger partial charge is 0.311 e. The number of allylic oxidation sites excluding steroid dienone is 1. The van der Waals surface area contributed by atoms with Crippen LogP contribution in [0.25, 0.3) is 10.9 Å². The average Bonchev–Trinajstić information content (AvgIpc) is 2.86. The molecule has 0 aliphatic carbocycles. The zero-order chi connectivity index (χ0) is 14.9. The second-order valence-electron chi connectivity index (χ2n) is 5.50. The van der Waals surface area contributed by atoms with Gasteiger partial charge in [0.2, 0.25) is 0 Å². The van der Waals surface area contributed by atoms with Crippen molar-refractivity contribution in [3.63, 3.8) is 0 Å². The van der Waals surface area contributed by atoms with E-state index in [-0.39, 0.29) is 0 Å². The fourth-order valence-corrected chi connectivity index (χ4v) is 2.61. The maximum Gasteiger partial charge on any atom is 0.0841 e. The van der Waals surface area contributed by atoms with Crippen LogP contribution in [0, 0.1) is 0 Å². The molecule has 1 aromatic heterocycles. The number of hydrogen-bond acceptors (Lipinski definition) is 2. The molecule has 1 aromatic carbocycles. The summed E-state index contributed by atoms with van der Waals surface area (Å²) in [6, 6.07) is 8.55. The molecule has 1 heterocycles. The van der Waals surface area contributed by atoms with Crippen molar-refractivity contribution in [2.45, 2.75) is 52.1 Å². The molecule has 0 saturated heterocycles. The van der Waals surface area contributed by atoms with Gasteiger partial charge >= 0.3 is 0 Å². The van der Waals surface area contributed by atoms with Gasteiger partial charge in [0.1, 0.15) is 0 Å². The molecule has 0 amide bonds. The van der Waals surface area contributed by atoms with E-state index in [1.54, 1.807) is 0 Å². The Morgan fingerprint density at radius 3 is 2.90 bits per heavy atom. The number of benzene rings is 1. The molecular formula is C18H27N3. The van der Waals surface area contributed by atoms with Crippen molar-refractivity contribution in [1.82, 2.24) is 15.1 Å². The Hall–Kier alpha value is -1.61. The molecule has 0 unspecified atom stereocenters. The first-order valence-electron chi connectivity index (χ1n) is 8.13. The van der Waals surface area contributed by atoms with Gasteiger partial charge in [0.25, 0.3) is 0 Å². The molecule has 21 heavy (non-hydrogen) atoms. The molecule has 0 aliphatic rings. The molecule has 0 spiro atoms. The van der Waals surface area contributed by atoms with Gasteiger partial charge in [0, 0.05) is 18.5 Å². The highest BCUT2D eigenvalue weighted by atomic mass is 15.3. The van der Waals surface area contributed by atoms with Crippen LogP contribution in [0.4, 0.5) is 0 Å². The number of rotatable bonds is 10. The topological polar surface area (TPSA) is 29.9 Å². The van der Waals surface area contributed by atoms with Crippen LogP contribution in [-0.4, -0.2) is 16.3 Å². The molecule has 0 aliphatic heterocycles. The number of hydrogen-bond donors (Lipinski definition) is 1. The SMILES string of the molecule is C=CCCCCCn1nc(CNCCC)c2ccccc21.